The number of hydrogen-bond acceptors (Lipinski definition) is 18. The molecule has 0 aliphatic heterocycles. The Balaban J connectivity index is 4.81. The lowest BCUT2D eigenvalue weighted by atomic mass is 10.1. The highest BCUT2D eigenvalue weighted by atomic mass is 31.2. The first-order valence-electron chi connectivity index (χ1n) is 21.2. The summed E-state index contributed by atoms with van der Waals surface area (Å²) in [7, 11) is -4.79. The highest BCUT2D eigenvalue weighted by Gasteiger charge is 2.27. The molecule has 4 amide bonds. The van der Waals surface area contributed by atoms with Crippen LogP contribution < -0.4 is 16.4 Å². The summed E-state index contributed by atoms with van der Waals surface area (Å²) in [6.45, 7) is -2.35. The predicted octanol–water partition coefficient (Wildman–Crippen LogP) is -0.298. The van der Waals surface area contributed by atoms with Gasteiger partial charge in [0.1, 0.15) is 31.9 Å². The van der Waals surface area contributed by atoms with Crippen LogP contribution in [0.5, 0.6) is 0 Å². The maximum atomic E-state index is 12.8. The van der Waals surface area contributed by atoms with Gasteiger partial charge in [-0.1, -0.05) is 38.2 Å². The van der Waals surface area contributed by atoms with E-state index in [1.165, 1.54) is 0 Å². The maximum absolute atomic E-state index is 12.8. The summed E-state index contributed by atoms with van der Waals surface area (Å²) < 4.78 is 32.4. The molecule has 2 atom stereocenters. The zero-order valence-corrected chi connectivity index (χ0v) is 38.5. The van der Waals surface area contributed by atoms with Crippen molar-refractivity contribution in [1.29, 1.82) is 0 Å². The summed E-state index contributed by atoms with van der Waals surface area (Å²) in [6.07, 6.45) is 3.45. The molecule has 67 heavy (non-hydrogen) atoms. The van der Waals surface area contributed by atoms with Crippen LogP contribution in [-0.4, -0.2) is 167 Å². The van der Waals surface area contributed by atoms with Crippen molar-refractivity contribution in [3.63, 3.8) is 0 Å². The minimum Gasteiger partial charge on any atom is -0.480 e. The summed E-state index contributed by atoms with van der Waals surface area (Å²) in [5.74, 6) is -10.0. The van der Waals surface area contributed by atoms with Gasteiger partial charge in [0, 0.05) is 45.1 Å². The maximum Gasteiger partial charge on any atom is 0.472 e. The lowest BCUT2D eigenvalue weighted by Gasteiger charge is -2.20. The Morgan fingerprint density at radius 1 is 0.627 bits per heavy atom. The molecule has 0 rings (SSSR count). The average molecular weight is 976 g/mol. The van der Waals surface area contributed by atoms with Gasteiger partial charge in [-0.2, -0.15) is 0 Å². The SMILES string of the molecule is CC/C=C\CC(=O)OCC(COP(=O)(O)OCCNC(=O)CC(=O)NCC(=O)CCC(=O)N(CC(=O)O)CC(=O)CCCC(=O)CN(CC(=O)O)C(=O)CCC(=O)CN)OC(=O)C/C=C\CC. The summed E-state index contributed by atoms with van der Waals surface area (Å²) >= 11 is 0. The molecule has 0 aliphatic carbocycles. The van der Waals surface area contributed by atoms with E-state index in [0.717, 1.165) is 4.90 Å². The molecule has 0 radical (unpaired) electrons. The third-order valence-corrected chi connectivity index (χ3v) is 9.46. The van der Waals surface area contributed by atoms with Crippen molar-refractivity contribution in [2.75, 3.05) is 65.6 Å². The first-order chi connectivity index (χ1) is 31.6. The lowest BCUT2D eigenvalue weighted by molar-refractivity contribution is -0.160. The van der Waals surface area contributed by atoms with Gasteiger partial charge in [-0.25, -0.2) is 4.57 Å². The molecule has 25 nitrogen and oxygen atoms in total. The smallest absolute Gasteiger partial charge is 0.472 e. The first kappa shape index (κ1) is 61.0. The first-order valence-corrected chi connectivity index (χ1v) is 22.7. The quantitative estimate of drug-likeness (QED) is 0.0151. The number of Topliss-reactive ketones (excluding diaryl/α,β-unsaturated/α-hetero) is 4. The average Bonchev–Trinajstić information content (AvgIpc) is 3.25. The fourth-order valence-corrected chi connectivity index (χ4v) is 5.93. The molecule has 2 unspecified atom stereocenters. The van der Waals surface area contributed by atoms with Gasteiger partial charge in [-0.3, -0.25) is 66.6 Å². The van der Waals surface area contributed by atoms with E-state index in [1.54, 1.807) is 24.3 Å². The number of phosphoric acid groups is 1. The number of carbonyl (C=O) groups is 12. The van der Waals surface area contributed by atoms with Gasteiger partial charge < -0.3 is 50.7 Å². The topological polar surface area (TPSA) is 376 Å². The van der Waals surface area contributed by atoms with Gasteiger partial charge in [0.05, 0.1) is 52.2 Å². The van der Waals surface area contributed by atoms with Crippen molar-refractivity contribution in [3.05, 3.63) is 24.3 Å². The second kappa shape index (κ2) is 35.2. The van der Waals surface area contributed by atoms with Crippen molar-refractivity contribution in [2.45, 2.75) is 97.0 Å². The second-order valence-electron chi connectivity index (χ2n) is 14.4. The van der Waals surface area contributed by atoms with Crippen molar-refractivity contribution in [3.8, 4) is 0 Å². The van der Waals surface area contributed by atoms with E-state index in [2.05, 4.69) is 10.6 Å². The van der Waals surface area contributed by atoms with Gasteiger partial charge in [0.15, 0.2) is 23.5 Å². The fraction of sp³-hybridized carbons (Fsp3) is 0.610. The number of carboxylic acids is 2. The zero-order chi connectivity index (χ0) is 50.8. The largest absolute Gasteiger partial charge is 0.480 e. The van der Waals surface area contributed by atoms with E-state index in [1.807, 2.05) is 13.8 Å². The van der Waals surface area contributed by atoms with E-state index < -0.39 is 156 Å². The molecule has 0 heterocycles. The number of ketones is 4. The van der Waals surface area contributed by atoms with Gasteiger partial charge >= 0.3 is 31.7 Å². The van der Waals surface area contributed by atoms with Crippen LogP contribution in [0.25, 0.3) is 0 Å². The molecule has 376 valence electrons. The van der Waals surface area contributed by atoms with Gasteiger partial charge in [0.25, 0.3) is 0 Å². The molecule has 0 aromatic heterocycles. The highest BCUT2D eigenvalue weighted by molar-refractivity contribution is 7.47. The number of hydrogen-bond donors (Lipinski definition) is 6. The number of carbonyl (C=O) groups excluding carboxylic acids is 10. The van der Waals surface area contributed by atoms with E-state index in [-0.39, 0.29) is 58.0 Å². The minimum atomic E-state index is -4.79. The molecule has 0 aromatic rings. The molecule has 7 N–H and O–H groups in total. The highest BCUT2D eigenvalue weighted by Crippen LogP contribution is 2.43. The monoisotopic (exact) mass is 975 g/mol. The standard InChI is InChI=1S/C41H62N5O20P/c1-3-5-7-12-40(59)63-27-33(66-41(60)13-8-6-4-2)28-65-67(61,62)64-19-18-43-34(51)20-35(52)44-22-30(48)15-17-37(54)46(26-39(57)58)24-32(50)11-9-10-31(49)23-45(25-38(55)56)36(53)16-14-29(47)21-42/h5-8,33H,3-4,9-28,42H2,1-2H3,(H,43,51)(H,44,52)(H,55,56)(H,57,58)(H,61,62)/b7-5-,8-6-. The number of esters is 2. The van der Waals surface area contributed by atoms with Crippen LogP contribution in [0, 0.1) is 0 Å². The Morgan fingerprint density at radius 2 is 1.13 bits per heavy atom. The predicted molar refractivity (Wildman–Crippen MR) is 231 cm³/mol. The molecule has 0 spiro atoms. The van der Waals surface area contributed by atoms with Crippen LogP contribution in [0.2, 0.25) is 0 Å². The van der Waals surface area contributed by atoms with Crippen molar-refractivity contribution in [2.24, 2.45) is 5.73 Å². The van der Waals surface area contributed by atoms with Crippen molar-refractivity contribution >= 4 is 78.5 Å². The Hall–Kier alpha value is -6.01. The molecule has 0 aromatic carbocycles. The van der Waals surface area contributed by atoms with Crippen LogP contribution in [0.15, 0.2) is 24.3 Å². The molecular formula is C41H62N5O20P. The van der Waals surface area contributed by atoms with Crippen molar-refractivity contribution < 1.29 is 95.7 Å². The van der Waals surface area contributed by atoms with Crippen LogP contribution in [0.4, 0.5) is 0 Å². The molecular weight excluding hydrogens is 913 g/mol. The summed E-state index contributed by atoms with van der Waals surface area (Å²) in [5.41, 5.74) is 5.20. The molecule has 0 fully saturated rings. The summed E-state index contributed by atoms with van der Waals surface area (Å²) in [4.78, 5) is 157. The zero-order valence-electron chi connectivity index (χ0n) is 37.6. The Bertz CT molecular complexity index is 1840. The number of nitrogens with one attached hydrogen (secondary N) is 2. The summed E-state index contributed by atoms with van der Waals surface area (Å²) in [6, 6.07) is 0. The number of carboxylic acid groups (broad SMARTS) is 2. The number of nitrogens with zero attached hydrogens (tertiary/aromatic N) is 2. The van der Waals surface area contributed by atoms with Crippen LogP contribution in [0.1, 0.15) is 90.9 Å². The van der Waals surface area contributed by atoms with Crippen molar-refractivity contribution in [1.82, 2.24) is 20.4 Å². The number of allylic oxidation sites excluding steroid dienone is 2. The van der Waals surface area contributed by atoms with E-state index in [4.69, 9.17) is 29.4 Å². The normalized spacial score (nSPS) is 12.4. The van der Waals surface area contributed by atoms with Crippen LogP contribution in [0.3, 0.4) is 0 Å². The van der Waals surface area contributed by atoms with Crippen LogP contribution in [-0.2, 0) is 80.6 Å². The third kappa shape index (κ3) is 33.2. The molecule has 0 saturated carbocycles. The third-order valence-electron chi connectivity index (χ3n) is 8.47. The Morgan fingerprint density at radius 3 is 1.64 bits per heavy atom. The second-order valence-corrected chi connectivity index (χ2v) is 15.8. The molecule has 0 saturated heterocycles. The van der Waals surface area contributed by atoms with Crippen LogP contribution >= 0.6 is 7.82 Å². The van der Waals surface area contributed by atoms with E-state index in [0.29, 0.717) is 17.7 Å². The number of aliphatic carboxylic acids is 2. The Kier molecular flexibility index (Phi) is 32.1. The van der Waals surface area contributed by atoms with Gasteiger partial charge in [0.2, 0.25) is 23.6 Å². The minimum absolute atomic E-state index is 0.0513. The molecule has 26 heteroatoms. The number of phosphoric ester groups is 1. The Labute approximate surface area is 386 Å². The van der Waals surface area contributed by atoms with Gasteiger partial charge in [-0.05, 0) is 19.3 Å². The van der Waals surface area contributed by atoms with E-state index in [9.17, 15) is 72.1 Å². The lowest BCUT2D eigenvalue weighted by Crippen LogP contribution is -2.40. The molecule has 0 bridgehead atoms. The fourth-order valence-electron chi connectivity index (χ4n) is 5.18. The summed E-state index contributed by atoms with van der Waals surface area (Å²) in [5, 5.41) is 22.8. The number of amides is 4. The number of nitrogens with two attached hydrogens (primary N) is 1. The number of rotatable bonds is 39. The van der Waals surface area contributed by atoms with Gasteiger partial charge in [-0.15, -0.1) is 0 Å². The number of ether oxygens (including phenoxy) is 2. The van der Waals surface area contributed by atoms with E-state index >= 15 is 0 Å². The molecule has 0 aliphatic rings.